The predicted octanol–water partition coefficient (Wildman–Crippen LogP) is 11.7. The molecule has 53 heavy (non-hydrogen) atoms. The van der Waals surface area contributed by atoms with Gasteiger partial charge in [-0.3, -0.25) is 0 Å². The van der Waals surface area contributed by atoms with Gasteiger partial charge in [0.15, 0.2) is 0 Å². The minimum Gasteiger partial charge on any atom is -0.399 e. The van der Waals surface area contributed by atoms with E-state index in [1.165, 1.54) is 123 Å². The molecule has 2 saturated heterocycles. The summed E-state index contributed by atoms with van der Waals surface area (Å²) in [4.78, 5) is 0. The van der Waals surface area contributed by atoms with Crippen molar-refractivity contribution < 1.29 is 18.6 Å². The standard InChI is InChI=1S/C47H68B2O4/c1-11-13-15-17-19-21-31-47(32-22-20-18-16-14-12-2)41-33-36(35-23-26-37(27-24-35)48-50-43(3,4)44(5,6)51-48)25-29-39(41)40-30-28-38(34-42(40)47)49-52-45(7,8)46(9,10)53-49/h23-30,33-34H,11-22,31-32H2,1-10H3. The number of fused-ring (bicyclic) bond motifs is 3. The Morgan fingerprint density at radius 2 is 0.792 bits per heavy atom. The SMILES string of the molecule is CCCCCCCCC1(CCCCCCCC)c2cc(B3OC(C)(C)C(C)(C)O3)ccc2-c2ccc(-c3ccc(B4OC(C)(C)C(C)(C)O4)cc3)cc21. The van der Waals surface area contributed by atoms with Crippen LogP contribution in [0.1, 0.15) is 170 Å². The van der Waals surface area contributed by atoms with E-state index in [0.29, 0.717) is 0 Å². The molecule has 1 aliphatic carbocycles. The van der Waals surface area contributed by atoms with Crippen molar-refractivity contribution in [3.8, 4) is 22.3 Å². The summed E-state index contributed by atoms with van der Waals surface area (Å²) in [5.41, 5.74) is 8.98. The zero-order chi connectivity index (χ0) is 38.1. The molecule has 0 spiro atoms. The van der Waals surface area contributed by atoms with E-state index in [9.17, 15) is 0 Å². The van der Waals surface area contributed by atoms with Gasteiger partial charge >= 0.3 is 14.2 Å². The van der Waals surface area contributed by atoms with Crippen molar-refractivity contribution in [3.63, 3.8) is 0 Å². The van der Waals surface area contributed by atoms with E-state index < -0.39 is 0 Å². The van der Waals surface area contributed by atoms with Crippen LogP contribution in [-0.2, 0) is 24.0 Å². The Hall–Kier alpha value is -2.37. The highest BCUT2D eigenvalue weighted by atomic mass is 16.7. The number of unbranched alkanes of at least 4 members (excludes halogenated alkanes) is 10. The monoisotopic (exact) mass is 719 g/mol. The zero-order valence-electron chi connectivity index (χ0n) is 35.0. The highest BCUT2D eigenvalue weighted by Crippen LogP contribution is 2.55. The van der Waals surface area contributed by atoms with Crippen molar-refractivity contribution in [2.75, 3.05) is 0 Å². The number of hydrogen-bond acceptors (Lipinski definition) is 4. The topological polar surface area (TPSA) is 36.9 Å². The molecule has 0 atom stereocenters. The van der Waals surface area contributed by atoms with Gasteiger partial charge in [0.25, 0.3) is 0 Å². The second kappa shape index (κ2) is 16.0. The maximum absolute atomic E-state index is 6.63. The lowest BCUT2D eigenvalue weighted by atomic mass is 9.68. The maximum Gasteiger partial charge on any atom is 0.494 e. The summed E-state index contributed by atoms with van der Waals surface area (Å²) in [7, 11) is -0.725. The normalized spacial score (nSPS) is 20.2. The maximum atomic E-state index is 6.63. The first kappa shape index (κ1) is 40.3. The summed E-state index contributed by atoms with van der Waals surface area (Å²) in [5.74, 6) is 0. The van der Waals surface area contributed by atoms with Crippen LogP contribution in [0.2, 0.25) is 0 Å². The van der Waals surface area contributed by atoms with Crippen LogP contribution < -0.4 is 10.9 Å². The average Bonchev–Trinajstić information content (AvgIpc) is 3.61. The highest BCUT2D eigenvalue weighted by Gasteiger charge is 2.53. The Bertz CT molecular complexity index is 1640. The van der Waals surface area contributed by atoms with E-state index in [2.05, 4.69) is 130 Å². The zero-order valence-corrected chi connectivity index (χ0v) is 35.0. The van der Waals surface area contributed by atoms with Crippen molar-refractivity contribution in [1.82, 2.24) is 0 Å². The van der Waals surface area contributed by atoms with Gasteiger partial charge in [-0.25, -0.2) is 0 Å². The molecule has 6 heteroatoms. The van der Waals surface area contributed by atoms with Crippen LogP contribution in [-0.4, -0.2) is 36.6 Å². The lowest BCUT2D eigenvalue weighted by Crippen LogP contribution is -2.41. The van der Waals surface area contributed by atoms with Gasteiger partial charge in [-0.2, -0.15) is 0 Å². The molecule has 4 nitrogen and oxygen atoms in total. The van der Waals surface area contributed by atoms with Crippen LogP contribution in [0.5, 0.6) is 0 Å². The number of benzene rings is 3. The van der Waals surface area contributed by atoms with Gasteiger partial charge in [0.05, 0.1) is 22.4 Å². The molecule has 0 bridgehead atoms. The quantitative estimate of drug-likeness (QED) is 0.103. The van der Waals surface area contributed by atoms with Gasteiger partial charge in [0, 0.05) is 5.41 Å². The van der Waals surface area contributed by atoms with E-state index in [-0.39, 0.29) is 42.1 Å². The summed E-state index contributed by atoms with van der Waals surface area (Å²) in [5, 5.41) is 0. The molecule has 6 rings (SSSR count). The summed E-state index contributed by atoms with van der Waals surface area (Å²) in [6, 6.07) is 23.3. The molecular weight excluding hydrogens is 650 g/mol. The van der Waals surface area contributed by atoms with Crippen LogP contribution in [0, 0.1) is 0 Å². The predicted molar refractivity (Wildman–Crippen MR) is 226 cm³/mol. The summed E-state index contributed by atoms with van der Waals surface area (Å²) in [6.07, 6.45) is 18.0. The Labute approximate surface area is 323 Å². The van der Waals surface area contributed by atoms with Crippen LogP contribution in [0.3, 0.4) is 0 Å². The third-order valence-corrected chi connectivity index (χ3v) is 13.6. The van der Waals surface area contributed by atoms with Crippen LogP contribution in [0.15, 0.2) is 60.7 Å². The second-order valence-corrected chi connectivity index (χ2v) is 18.5. The number of hydrogen-bond donors (Lipinski definition) is 0. The fourth-order valence-corrected chi connectivity index (χ4v) is 8.71. The Morgan fingerprint density at radius 1 is 0.415 bits per heavy atom. The lowest BCUT2D eigenvalue weighted by Gasteiger charge is -2.33. The second-order valence-electron chi connectivity index (χ2n) is 18.5. The molecule has 286 valence electrons. The van der Waals surface area contributed by atoms with Crippen molar-refractivity contribution in [3.05, 3.63) is 71.8 Å². The third-order valence-electron chi connectivity index (χ3n) is 13.6. The number of rotatable bonds is 17. The van der Waals surface area contributed by atoms with Crippen molar-refractivity contribution in [2.45, 2.75) is 187 Å². The van der Waals surface area contributed by atoms with Crippen molar-refractivity contribution in [2.24, 2.45) is 0 Å². The minimum absolute atomic E-state index is 0.0432. The molecule has 0 amide bonds. The first-order valence-corrected chi connectivity index (χ1v) is 21.3. The molecule has 0 unspecified atom stereocenters. The molecule has 2 heterocycles. The summed E-state index contributed by atoms with van der Waals surface area (Å²) in [6.45, 7) is 21.7. The first-order valence-electron chi connectivity index (χ1n) is 21.3. The molecule has 3 aromatic carbocycles. The van der Waals surface area contributed by atoms with E-state index in [4.69, 9.17) is 18.6 Å². The van der Waals surface area contributed by atoms with E-state index in [1.807, 2.05) is 0 Å². The molecule has 0 saturated carbocycles. The van der Waals surface area contributed by atoms with Crippen molar-refractivity contribution >= 4 is 25.2 Å². The van der Waals surface area contributed by atoms with Gasteiger partial charge in [-0.05, 0) is 119 Å². The molecule has 3 aromatic rings. The third kappa shape index (κ3) is 8.14. The first-order chi connectivity index (χ1) is 25.1. The lowest BCUT2D eigenvalue weighted by molar-refractivity contribution is 0.00578. The Morgan fingerprint density at radius 3 is 1.28 bits per heavy atom. The van der Waals surface area contributed by atoms with Gasteiger partial charge in [-0.1, -0.05) is 145 Å². The minimum atomic E-state index is -0.374. The smallest absolute Gasteiger partial charge is 0.399 e. The van der Waals surface area contributed by atoms with E-state index in [1.54, 1.807) is 0 Å². The largest absolute Gasteiger partial charge is 0.494 e. The molecule has 0 N–H and O–H groups in total. The van der Waals surface area contributed by atoms with Crippen molar-refractivity contribution in [1.29, 1.82) is 0 Å². The van der Waals surface area contributed by atoms with E-state index >= 15 is 0 Å². The molecule has 0 radical (unpaired) electrons. The molecule has 2 aliphatic heterocycles. The fraction of sp³-hybridized carbons (Fsp3) is 0.617. The van der Waals surface area contributed by atoms with Crippen LogP contribution in [0.4, 0.5) is 0 Å². The Balaban J connectivity index is 1.37. The summed E-state index contributed by atoms with van der Waals surface area (Å²) < 4.78 is 26.0. The molecule has 0 aromatic heterocycles. The van der Waals surface area contributed by atoms with Crippen LogP contribution >= 0.6 is 0 Å². The molecule has 3 aliphatic rings. The van der Waals surface area contributed by atoms with Gasteiger partial charge in [-0.15, -0.1) is 0 Å². The average molecular weight is 719 g/mol. The van der Waals surface area contributed by atoms with Gasteiger partial charge in [0.1, 0.15) is 0 Å². The van der Waals surface area contributed by atoms with E-state index in [0.717, 1.165) is 10.9 Å². The Kier molecular flexibility index (Phi) is 12.2. The molecular formula is C47H68B2O4. The molecule has 2 fully saturated rings. The van der Waals surface area contributed by atoms with Crippen LogP contribution in [0.25, 0.3) is 22.3 Å². The van der Waals surface area contributed by atoms with Gasteiger partial charge < -0.3 is 18.6 Å². The highest BCUT2D eigenvalue weighted by molar-refractivity contribution is 6.62. The summed E-state index contributed by atoms with van der Waals surface area (Å²) >= 11 is 0. The fourth-order valence-electron chi connectivity index (χ4n) is 8.71. The van der Waals surface area contributed by atoms with Gasteiger partial charge in [0.2, 0.25) is 0 Å².